The maximum absolute atomic E-state index is 13.1. The summed E-state index contributed by atoms with van der Waals surface area (Å²) in [4.78, 5) is 13.1. The van der Waals surface area contributed by atoms with Crippen molar-refractivity contribution < 1.29 is 50.1 Å². The molecule has 4 fully saturated rings. The van der Waals surface area contributed by atoms with E-state index in [1.165, 1.54) is 0 Å². The van der Waals surface area contributed by atoms with Gasteiger partial charge in [-0.05, 0) is 67.0 Å². The predicted octanol–water partition coefficient (Wildman–Crippen LogP) is 7.39. The molecule has 330 valence electrons. The van der Waals surface area contributed by atoms with Crippen LogP contribution in [-0.4, -0.2) is 94.6 Å². The van der Waals surface area contributed by atoms with Gasteiger partial charge in [0.2, 0.25) is 0 Å². The first-order valence-corrected chi connectivity index (χ1v) is 37.7. The second kappa shape index (κ2) is 19.3. The molecule has 4 aliphatic rings. The van der Waals surface area contributed by atoms with Crippen LogP contribution in [0.2, 0.25) is 54.9 Å². The van der Waals surface area contributed by atoms with Gasteiger partial charge < -0.3 is 61.1 Å². The van der Waals surface area contributed by atoms with Gasteiger partial charge in [-0.25, -0.2) is 0 Å². The van der Waals surface area contributed by atoms with Crippen molar-refractivity contribution in [2.45, 2.75) is 158 Å². The largest absolute Gasteiger partial charge is 0.483 e. The molecule has 6 unspecified atom stereocenters. The van der Waals surface area contributed by atoms with Crippen molar-refractivity contribution in [2.75, 3.05) is 19.6 Å². The molecular weight excluding hydrogens is 853 g/mol. The average molecular weight is 934 g/mol. The van der Waals surface area contributed by atoms with Crippen LogP contribution in [0.3, 0.4) is 0 Å². The van der Waals surface area contributed by atoms with Crippen molar-refractivity contribution in [2.24, 2.45) is 47.2 Å². The van der Waals surface area contributed by atoms with Gasteiger partial charge in [-0.1, -0.05) is 96.9 Å². The van der Waals surface area contributed by atoms with Crippen LogP contribution in [0, 0.1) is 41.4 Å². The molecule has 0 saturated carbocycles. The van der Waals surface area contributed by atoms with Crippen molar-refractivity contribution in [3.05, 3.63) is 0 Å². The van der Waals surface area contributed by atoms with E-state index in [9.17, 15) is 4.80 Å². The van der Waals surface area contributed by atoms with Gasteiger partial charge in [0.25, 0.3) is 0 Å². The van der Waals surface area contributed by atoms with Gasteiger partial charge in [0.05, 0.1) is 0 Å². The molecule has 0 aromatic rings. The third kappa shape index (κ3) is 13.3. The fourth-order valence-corrected chi connectivity index (χ4v) is 57.0. The summed E-state index contributed by atoms with van der Waals surface area (Å²) in [5, 5.41) is 3.45. The number of hydrogen-bond acceptors (Lipinski definition) is 14. The number of hydrogen-bond donors (Lipinski definition) is 3. The number of nitrogens with one attached hydrogen (secondary N) is 1. The molecule has 0 radical (unpaired) electrons. The summed E-state index contributed by atoms with van der Waals surface area (Å²) in [6, 6.07) is 3.49. The highest BCUT2D eigenvalue weighted by Gasteiger charge is 2.79. The molecule has 22 heteroatoms. The van der Waals surface area contributed by atoms with Crippen molar-refractivity contribution >= 4 is 70.2 Å². The highest BCUT2D eigenvalue weighted by atomic mass is 28.6. The quantitative estimate of drug-likeness (QED) is 0.0820. The molecule has 0 aromatic carbocycles. The summed E-state index contributed by atoms with van der Waals surface area (Å²) in [6.07, 6.45) is 0.778. The van der Waals surface area contributed by atoms with Crippen molar-refractivity contribution in [1.29, 1.82) is 0 Å². The Labute approximate surface area is 349 Å². The Morgan fingerprint density at radius 1 is 0.411 bits per heavy atom. The SMILES string of the molecule is CC(C)C[Si]1(O)O[Si]2(CC(C)C)O[Si]3(CC(C)C)O[Si](C)(CCCNCCN)O[Si@]4(CC(C)C)O[Si](CC(C)C)(O3)O[Si](CC(C)C)(O2)O[Si@](CC(C)C)(O1)O4. The Hall–Kier alpha value is 1.18. The summed E-state index contributed by atoms with van der Waals surface area (Å²) >= 11 is 0. The Bertz CT molecular complexity index is 1210. The van der Waals surface area contributed by atoms with E-state index in [4.69, 9.17) is 51.0 Å². The summed E-state index contributed by atoms with van der Waals surface area (Å²) in [5.74, 6) is 0.524. The smallest absolute Gasteiger partial charge is 0.394 e. The summed E-state index contributed by atoms with van der Waals surface area (Å²) in [5.41, 5.74) is 5.83. The molecule has 0 aromatic heterocycles. The average Bonchev–Trinajstić information content (AvgIpc) is 2.90. The topological polar surface area (TPSA) is 160 Å². The van der Waals surface area contributed by atoms with E-state index in [2.05, 4.69) is 109 Å². The molecule has 0 amide bonds. The van der Waals surface area contributed by atoms with Crippen molar-refractivity contribution in [1.82, 2.24) is 5.32 Å². The maximum atomic E-state index is 13.1. The van der Waals surface area contributed by atoms with Crippen LogP contribution in [0.4, 0.5) is 0 Å². The van der Waals surface area contributed by atoms with Gasteiger partial charge in [-0.15, -0.1) is 0 Å². The van der Waals surface area contributed by atoms with Crippen LogP contribution >= 0.6 is 0 Å². The lowest BCUT2D eigenvalue weighted by Gasteiger charge is -2.61. The second-order valence-corrected chi connectivity index (χ2v) is 44.1. The third-order valence-corrected chi connectivity index (χ3v) is 48.4. The normalized spacial score (nSPS) is 39.2. The number of fused-ring (bicyclic) bond motifs is 4. The van der Waals surface area contributed by atoms with E-state index in [1.54, 1.807) is 0 Å². The fourth-order valence-electron chi connectivity index (χ4n) is 8.43. The van der Waals surface area contributed by atoms with Gasteiger partial charge in [-0.3, -0.25) is 0 Å². The highest BCUT2D eigenvalue weighted by molar-refractivity contribution is 7.01. The van der Waals surface area contributed by atoms with Crippen LogP contribution in [0.15, 0.2) is 0 Å². The molecular formula is C34H80N2O12Si8. The Balaban J connectivity index is 2.19. The molecule has 8 atom stereocenters. The van der Waals surface area contributed by atoms with E-state index >= 15 is 0 Å². The first-order chi connectivity index (χ1) is 25.8. The van der Waals surface area contributed by atoms with E-state index in [1.807, 2.05) is 0 Å². The van der Waals surface area contributed by atoms with Crippen LogP contribution < -0.4 is 11.1 Å². The molecule has 4 heterocycles. The summed E-state index contributed by atoms with van der Waals surface area (Å²) in [7, 11) is -31.5. The van der Waals surface area contributed by atoms with E-state index in [-0.39, 0.29) is 47.5 Å². The molecule has 14 nitrogen and oxygen atoms in total. The minimum atomic E-state index is -4.23. The van der Waals surface area contributed by atoms with Gasteiger partial charge >= 0.3 is 70.2 Å². The minimum absolute atomic E-state index is 0.0234. The van der Waals surface area contributed by atoms with Gasteiger partial charge in [0.15, 0.2) is 0 Å². The molecule has 6 bridgehead atoms. The lowest BCUT2D eigenvalue weighted by molar-refractivity contribution is -0.00582. The molecule has 4 saturated heterocycles. The van der Waals surface area contributed by atoms with E-state index in [0.29, 0.717) is 48.9 Å². The van der Waals surface area contributed by atoms with Crippen molar-refractivity contribution in [3.8, 4) is 0 Å². The first kappa shape index (κ1) is 49.8. The number of nitrogens with two attached hydrogens (primary N) is 1. The molecule has 0 aliphatic carbocycles. The first-order valence-electron chi connectivity index (χ1n) is 21.6. The standard InChI is InChI=1S/C34H80N2O12Si8/c1-28(2)21-50(37)40-53(24-31(7)8)42-51(22-29(3)4)38-49(15,20-16-18-36-19-17-35)39-52(23-30(5)6)43-54(41-50,25-32(9)10)47-56(46-53,27-34(13)14)48-55(44-51,45-52)26-33(11)12/h28-34,36-37H,16-27,35H2,1-15H3/t49?,50?,51-,52?,53+,54?,55?,56?/m0/s1. The Morgan fingerprint density at radius 2 is 0.679 bits per heavy atom. The zero-order chi connectivity index (χ0) is 42.0. The van der Waals surface area contributed by atoms with Crippen LogP contribution in [-0.2, 0) is 45.3 Å². The Morgan fingerprint density at radius 3 is 0.946 bits per heavy atom. The number of rotatable bonds is 20. The lowest BCUT2D eigenvalue weighted by Crippen LogP contribution is -2.85. The molecule has 4 N–H and O–H groups in total. The molecule has 4 rings (SSSR count). The molecule has 0 spiro atoms. The second-order valence-electron chi connectivity index (χ2n) is 19.9. The van der Waals surface area contributed by atoms with E-state index < -0.39 is 70.2 Å². The highest BCUT2D eigenvalue weighted by Crippen LogP contribution is 2.53. The fraction of sp³-hybridized carbons (Fsp3) is 1.00. The maximum Gasteiger partial charge on any atom is 0.483 e. The third-order valence-electron chi connectivity index (χ3n) is 9.47. The zero-order valence-corrected chi connectivity index (χ0v) is 45.5. The van der Waals surface area contributed by atoms with Crippen LogP contribution in [0.1, 0.15) is 103 Å². The van der Waals surface area contributed by atoms with Gasteiger partial charge in [0, 0.05) is 55.4 Å². The zero-order valence-electron chi connectivity index (χ0n) is 37.5. The van der Waals surface area contributed by atoms with Crippen LogP contribution in [0.5, 0.6) is 0 Å². The van der Waals surface area contributed by atoms with Gasteiger partial charge in [-0.2, -0.15) is 0 Å². The summed E-state index contributed by atoms with van der Waals surface area (Å²) in [6.45, 7) is 34.0. The van der Waals surface area contributed by atoms with Crippen LogP contribution in [0.25, 0.3) is 0 Å². The predicted molar refractivity (Wildman–Crippen MR) is 235 cm³/mol. The van der Waals surface area contributed by atoms with Gasteiger partial charge in [0.1, 0.15) is 0 Å². The molecule has 56 heavy (non-hydrogen) atoms. The summed E-state index contributed by atoms with van der Waals surface area (Å²) < 4.78 is 84.3. The Kier molecular flexibility index (Phi) is 17.2. The minimum Gasteiger partial charge on any atom is -0.394 e. The lowest BCUT2D eigenvalue weighted by atomic mass is 10.3. The van der Waals surface area contributed by atoms with E-state index in [0.717, 1.165) is 19.5 Å². The molecule has 4 aliphatic heterocycles. The monoisotopic (exact) mass is 932 g/mol. The van der Waals surface area contributed by atoms with Crippen molar-refractivity contribution in [3.63, 3.8) is 0 Å².